The highest BCUT2D eigenvalue weighted by atomic mass is 16.5. The van der Waals surface area contributed by atoms with Crippen LogP contribution in [0.5, 0.6) is 5.75 Å². The molecular weight excluding hydrogens is 480 g/mol. The average Bonchev–Trinajstić information content (AvgIpc) is 2.89. The van der Waals surface area contributed by atoms with Gasteiger partial charge in [-0.2, -0.15) is 0 Å². The molecule has 3 aromatic rings. The number of hydrogen-bond donors (Lipinski definition) is 2. The molecule has 0 saturated carbocycles. The highest BCUT2D eigenvalue weighted by molar-refractivity contribution is 6.05. The van der Waals surface area contributed by atoms with Crippen molar-refractivity contribution in [1.29, 1.82) is 0 Å². The maximum absolute atomic E-state index is 13.4. The highest BCUT2D eigenvalue weighted by Crippen LogP contribution is 2.22. The van der Waals surface area contributed by atoms with Crippen molar-refractivity contribution in [2.75, 3.05) is 7.11 Å². The van der Waals surface area contributed by atoms with Gasteiger partial charge in [0.2, 0.25) is 0 Å². The van der Waals surface area contributed by atoms with Crippen molar-refractivity contribution in [3.63, 3.8) is 0 Å². The SMILES string of the molecule is COC(=O)N(Cc1ccccc1)C(=O)c1cc(OC(C)=O)cc(C(=O)NC(C(=O)O)c2ccccc2)c1. The number of rotatable bonds is 8. The van der Waals surface area contributed by atoms with Gasteiger partial charge in [-0.15, -0.1) is 0 Å². The summed E-state index contributed by atoms with van der Waals surface area (Å²) < 4.78 is 9.86. The van der Waals surface area contributed by atoms with Crippen LogP contribution in [-0.4, -0.2) is 47.0 Å². The van der Waals surface area contributed by atoms with Crippen molar-refractivity contribution in [2.24, 2.45) is 0 Å². The van der Waals surface area contributed by atoms with Crippen LogP contribution in [0.1, 0.15) is 44.8 Å². The Morgan fingerprint density at radius 3 is 2.05 bits per heavy atom. The Morgan fingerprint density at radius 1 is 0.892 bits per heavy atom. The van der Waals surface area contributed by atoms with Crippen LogP contribution in [0.4, 0.5) is 4.79 Å². The molecule has 0 aromatic heterocycles. The topological polar surface area (TPSA) is 139 Å². The third-order valence-electron chi connectivity index (χ3n) is 5.16. The molecule has 2 N–H and O–H groups in total. The van der Waals surface area contributed by atoms with Crippen LogP contribution in [0.3, 0.4) is 0 Å². The number of amides is 3. The van der Waals surface area contributed by atoms with E-state index in [2.05, 4.69) is 5.32 Å². The molecule has 0 spiro atoms. The third-order valence-corrected chi connectivity index (χ3v) is 5.16. The summed E-state index contributed by atoms with van der Waals surface area (Å²) in [7, 11) is 1.12. The van der Waals surface area contributed by atoms with Crippen molar-refractivity contribution >= 4 is 29.8 Å². The Hall–Kier alpha value is -4.99. The minimum absolute atomic E-state index is 0.124. The van der Waals surface area contributed by atoms with Crippen LogP contribution in [-0.2, 0) is 20.9 Å². The molecule has 10 nitrogen and oxygen atoms in total. The number of carbonyl (C=O) groups is 5. The third kappa shape index (κ3) is 7.01. The van der Waals surface area contributed by atoms with Crippen LogP contribution >= 0.6 is 0 Å². The summed E-state index contributed by atoms with van der Waals surface area (Å²) in [6.45, 7) is 1.01. The Bertz CT molecular complexity index is 1310. The Labute approximate surface area is 212 Å². The van der Waals surface area contributed by atoms with Crippen LogP contribution in [0.2, 0.25) is 0 Å². The number of carbonyl (C=O) groups excluding carboxylic acids is 4. The second kappa shape index (κ2) is 12.1. The predicted molar refractivity (Wildman–Crippen MR) is 131 cm³/mol. The van der Waals surface area contributed by atoms with Crippen molar-refractivity contribution in [3.8, 4) is 5.75 Å². The monoisotopic (exact) mass is 504 g/mol. The van der Waals surface area contributed by atoms with E-state index in [1.54, 1.807) is 60.7 Å². The average molecular weight is 504 g/mol. The molecule has 3 amide bonds. The summed E-state index contributed by atoms with van der Waals surface area (Å²) in [5.41, 5.74) is 0.656. The number of hydrogen-bond acceptors (Lipinski definition) is 7. The molecule has 10 heteroatoms. The van der Waals surface area contributed by atoms with Crippen molar-refractivity contribution in [1.82, 2.24) is 10.2 Å². The van der Waals surface area contributed by atoms with Gasteiger partial charge in [-0.25, -0.2) is 14.5 Å². The van der Waals surface area contributed by atoms with Gasteiger partial charge < -0.3 is 19.9 Å². The second-order valence-electron chi connectivity index (χ2n) is 7.84. The number of ether oxygens (including phenoxy) is 2. The maximum Gasteiger partial charge on any atom is 0.416 e. The molecular formula is C27H24N2O8. The largest absolute Gasteiger partial charge is 0.479 e. The lowest BCUT2D eigenvalue weighted by Gasteiger charge is -2.20. The number of nitrogens with zero attached hydrogens (tertiary/aromatic N) is 1. The van der Waals surface area contributed by atoms with Crippen LogP contribution in [0.25, 0.3) is 0 Å². The fourth-order valence-corrected chi connectivity index (χ4v) is 3.48. The highest BCUT2D eigenvalue weighted by Gasteiger charge is 2.27. The first-order valence-electron chi connectivity index (χ1n) is 11.1. The zero-order valence-corrected chi connectivity index (χ0v) is 20.0. The van der Waals surface area contributed by atoms with Gasteiger partial charge in [-0.3, -0.25) is 14.4 Å². The second-order valence-corrected chi connectivity index (χ2v) is 7.84. The fourth-order valence-electron chi connectivity index (χ4n) is 3.48. The quantitative estimate of drug-likeness (QED) is 0.351. The van der Waals surface area contributed by atoms with Crippen LogP contribution in [0.15, 0.2) is 78.9 Å². The number of carboxylic acids is 1. The van der Waals surface area contributed by atoms with Gasteiger partial charge in [0, 0.05) is 18.1 Å². The first kappa shape index (κ1) is 26.6. The van der Waals surface area contributed by atoms with Gasteiger partial charge in [0.1, 0.15) is 5.75 Å². The van der Waals surface area contributed by atoms with E-state index < -0.39 is 35.9 Å². The number of methoxy groups -OCH3 is 1. The molecule has 0 aliphatic heterocycles. The molecule has 1 unspecified atom stereocenters. The van der Waals surface area contributed by atoms with Crippen molar-refractivity contribution in [3.05, 3.63) is 101 Å². The van der Waals surface area contributed by atoms with E-state index in [0.29, 0.717) is 11.1 Å². The summed E-state index contributed by atoms with van der Waals surface area (Å²) in [5.74, 6) is -3.81. The molecule has 0 aliphatic rings. The number of benzene rings is 3. The molecule has 0 aliphatic carbocycles. The Morgan fingerprint density at radius 2 is 1.49 bits per heavy atom. The molecule has 37 heavy (non-hydrogen) atoms. The van der Waals surface area contributed by atoms with Gasteiger partial charge in [0.15, 0.2) is 6.04 Å². The smallest absolute Gasteiger partial charge is 0.416 e. The first-order chi connectivity index (χ1) is 17.7. The van der Waals surface area contributed by atoms with E-state index in [0.717, 1.165) is 18.9 Å². The van der Waals surface area contributed by atoms with Crippen LogP contribution < -0.4 is 10.1 Å². The summed E-state index contributed by atoms with van der Waals surface area (Å²) in [5, 5.41) is 12.0. The number of imide groups is 1. The normalized spacial score (nSPS) is 11.1. The van der Waals surface area contributed by atoms with E-state index in [1.165, 1.54) is 18.2 Å². The van der Waals surface area contributed by atoms with Gasteiger partial charge in [-0.1, -0.05) is 60.7 Å². The Balaban J connectivity index is 1.98. The zero-order chi connectivity index (χ0) is 26.9. The van der Waals surface area contributed by atoms with Gasteiger partial charge in [-0.05, 0) is 29.3 Å². The molecule has 0 saturated heterocycles. The molecule has 1 atom stereocenters. The van der Waals surface area contributed by atoms with Crippen molar-refractivity contribution in [2.45, 2.75) is 19.5 Å². The number of aliphatic carboxylic acids is 1. The Kier molecular flexibility index (Phi) is 8.71. The van der Waals surface area contributed by atoms with E-state index in [-0.39, 0.29) is 23.4 Å². The van der Waals surface area contributed by atoms with E-state index >= 15 is 0 Å². The van der Waals surface area contributed by atoms with Gasteiger partial charge in [0.25, 0.3) is 11.8 Å². The summed E-state index contributed by atoms with van der Waals surface area (Å²) >= 11 is 0. The van der Waals surface area contributed by atoms with Gasteiger partial charge >= 0.3 is 18.0 Å². The standard InChI is InChI=1S/C27H24N2O8/c1-17(30)37-22-14-20(24(31)28-23(26(33)34)19-11-7-4-8-12-19)13-21(15-22)25(32)29(27(35)36-2)16-18-9-5-3-6-10-18/h3-15,23H,16H2,1-2H3,(H,28,31)(H,33,34). The fraction of sp³-hybridized carbons (Fsp3) is 0.148. The predicted octanol–water partition coefficient (Wildman–Crippen LogP) is 3.58. The lowest BCUT2D eigenvalue weighted by atomic mass is 10.0. The van der Waals surface area contributed by atoms with Crippen LogP contribution in [0, 0.1) is 0 Å². The lowest BCUT2D eigenvalue weighted by molar-refractivity contribution is -0.139. The van der Waals surface area contributed by atoms with E-state index in [4.69, 9.17) is 9.47 Å². The maximum atomic E-state index is 13.4. The lowest BCUT2D eigenvalue weighted by Crippen LogP contribution is -2.37. The minimum atomic E-state index is -1.38. The van der Waals surface area contributed by atoms with E-state index in [1.807, 2.05) is 0 Å². The van der Waals surface area contributed by atoms with E-state index in [9.17, 15) is 29.1 Å². The number of carboxylic acid groups (broad SMARTS) is 1. The molecule has 0 bridgehead atoms. The molecule has 0 fully saturated rings. The molecule has 0 heterocycles. The summed E-state index contributed by atoms with van der Waals surface area (Å²) in [6.07, 6.45) is -0.937. The zero-order valence-electron chi connectivity index (χ0n) is 20.0. The molecule has 190 valence electrons. The molecule has 3 rings (SSSR count). The summed E-state index contributed by atoms with van der Waals surface area (Å²) in [4.78, 5) is 63.1. The minimum Gasteiger partial charge on any atom is -0.479 e. The molecule has 3 aromatic carbocycles. The summed E-state index contributed by atoms with van der Waals surface area (Å²) in [6, 6.07) is 18.9. The molecule has 0 radical (unpaired) electrons. The van der Waals surface area contributed by atoms with Gasteiger partial charge in [0.05, 0.1) is 13.7 Å². The number of esters is 1. The number of nitrogens with one attached hydrogen (secondary N) is 1. The first-order valence-corrected chi connectivity index (χ1v) is 11.1. The van der Waals surface area contributed by atoms with Crippen molar-refractivity contribution < 1.29 is 38.6 Å².